The number of carbonyl (C=O) groups is 4. The molecule has 4 N–H and O–H groups in total. The summed E-state index contributed by atoms with van der Waals surface area (Å²) < 4.78 is 31.3. The number of carbonyl (C=O) groups excluding carboxylic acids is 3. The number of ether oxygens (including phenoxy) is 6. The maximum Gasteiger partial charge on any atom is 0.334 e. The van der Waals surface area contributed by atoms with Crippen LogP contribution in [0.4, 0.5) is 11.4 Å². The van der Waals surface area contributed by atoms with Crippen LogP contribution in [0.15, 0.2) is 83.9 Å². The zero-order valence-corrected chi connectivity index (χ0v) is 32.8. The predicted octanol–water partition coefficient (Wildman–Crippen LogP) is 8.16. The van der Waals surface area contributed by atoms with Gasteiger partial charge in [-0.2, -0.15) is 0 Å². The van der Waals surface area contributed by atoms with Crippen LogP contribution in [0, 0.1) is 0 Å². The molecule has 10 rings (SSSR count). The lowest BCUT2D eigenvalue weighted by molar-refractivity contribution is -0.140. The van der Waals surface area contributed by atoms with Gasteiger partial charge >= 0.3 is 17.9 Å². The first-order chi connectivity index (χ1) is 28.5. The number of carboxylic acid groups (broad SMARTS) is 1. The van der Waals surface area contributed by atoms with Crippen LogP contribution in [0.5, 0.6) is 23.0 Å². The van der Waals surface area contributed by atoms with Gasteiger partial charge in [-0.3, -0.25) is 9.59 Å². The molecule has 0 aromatic heterocycles. The summed E-state index contributed by atoms with van der Waals surface area (Å²) in [6.07, 6.45) is 7.92. The van der Waals surface area contributed by atoms with Gasteiger partial charge in [0.15, 0.2) is 23.0 Å². The summed E-state index contributed by atoms with van der Waals surface area (Å²) in [7, 11) is 0. The molecule has 2 saturated carbocycles. The number of nitrogens with two attached hydrogens (primary N) is 1. The second-order valence-electron chi connectivity index (χ2n) is 15.1. The number of aliphatic carboxylic acids is 1. The maximum atomic E-state index is 13.1. The Labute approximate surface area is 355 Å². The third-order valence-electron chi connectivity index (χ3n) is 11.3. The molecular weight excluding hydrogens is 781 g/mol. The monoisotopic (exact) mass is 832 g/mol. The lowest BCUT2D eigenvalue weighted by Crippen LogP contribution is -2.27. The molecule has 0 spiro atoms. The Kier molecular flexibility index (Phi) is 12.8. The molecule has 0 bridgehead atoms. The fourth-order valence-electron chi connectivity index (χ4n) is 7.64. The lowest BCUT2D eigenvalue weighted by Gasteiger charge is -2.17. The number of esters is 2. The third-order valence-corrected chi connectivity index (χ3v) is 11.3. The average molecular weight is 833 g/mol. The van der Waals surface area contributed by atoms with Gasteiger partial charge in [0.05, 0.1) is 24.0 Å². The Morgan fingerprint density at radius 1 is 0.639 bits per heavy atom. The van der Waals surface area contributed by atoms with Gasteiger partial charge in [0.25, 0.3) is 0 Å². The van der Waals surface area contributed by atoms with Crippen LogP contribution in [0.3, 0.4) is 0 Å². The first-order valence-corrected chi connectivity index (χ1v) is 19.6. The quantitative estimate of drug-likeness (QED) is 0.109. The summed E-state index contributed by atoms with van der Waals surface area (Å²) >= 11 is 0. The summed E-state index contributed by atoms with van der Waals surface area (Å²) in [4.78, 5) is 47.6. The van der Waals surface area contributed by atoms with Crippen molar-refractivity contribution in [3.8, 4) is 23.0 Å². The van der Waals surface area contributed by atoms with Gasteiger partial charge in [0.1, 0.15) is 0 Å². The Morgan fingerprint density at radius 3 is 1.61 bits per heavy atom. The number of rotatable bonds is 9. The molecule has 4 aliphatic carbocycles. The molecule has 4 aromatic rings. The van der Waals surface area contributed by atoms with E-state index in [-0.39, 0.29) is 46.3 Å². The first-order valence-electron chi connectivity index (χ1n) is 19.6. The van der Waals surface area contributed by atoms with E-state index in [1.807, 2.05) is 72.8 Å². The highest BCUT2D eigenvalue weighted by molar-refractivity contribution is 6.02. The molecule has 2 fully saturated rings. The van der Waals surface area contributed by atoms with Crippen LogP contribution < -0.4 is 30.0 Å². The van der Waals surface area contributed by atoms with Crippen LogP contribution in [-0.4, -0.2) is 55.7 Å². The number of benzene rings is 4. The van der Waals surface area contributed by atoms with E-state index in [1.54, 1.807) is 26.0 Å². The molecule has 0 atom stereocenters. The molecular formula is C48H52N2O11. The zero-order chi connectivity index (χ0) is 41.3. The zero-order valence-electron chi connectivity index (χ0n) is 32.8. The van der Waals surface area contributed by atoms with Crippen LogP contribution >= 0.6 is 0 Å². The van der Waals surface area contributed by atoms with Crippen LogP contribution in [-0.2, 0) is 52.3 Å². The van der Waals surface area contributed by atoms with Crippen molar-refractivity contribution in [3.05, 3.63) is 117 Å². The number of hydrogen-bond donors (Lipinski definition) is 3. The van der Waals surface area contributed by atoms with Crippen molar-refractivity contribution in [2.45, 2.75) is 78.1 Å². The van der Waals surface area contributed by atoms with Crippen molar-refractivity contribution >= 4 is 47.3 Å². The second kappa shape index (κ2) is 17.8. The van der Waals surface area contributed by atoms with Crippen LogP contribution in [0.2, 0.25) is 0 Å². The molecule has 0 unspecified atom stereocenters. The molecule has 4 aromatic carbocycles. The third kappa shape index (κ3) is 8.91. The Balaban J connectivity index is 0.000000165. The highest BCUT2D eigenvalue weighted by atomic mass is 16.7. The number of nitrogens with one attached hydrogen (secondary N) is 1. The maximum absolute atomic E-state index is 13.1. The Bertz CT molecular complexity index is 2430. The van der Waals surface area contributed by atoms with Gasteiger partial charge in [-0.15, -0.1) is 0 Å². The van der Waals surface area contributed by atoms with Crippen molar-refractivity contribution in [2.24, 2.45) is 0 Å². The van der Waals surface area contributed by atoms with Crippen molar-refractivity contribution in [2.75, 3.05) is 37.9 Å². The van der Waals surface area contributed by atoms with Crippen LogP contribution in [0.25, 0.3) is 12.2 Å². The topological polar surface area (TPSA) is 182 Å². The first kappa shape index (κ1) is 43.8. The Hall–Kier alpha value is -6.76. The molecule has 320 valence electrons. The number of carboxylic acids is 1. The summed E-state index contributed by atoms with van der Waals surface area (Å²) in [5.74, 6) is 1.47. The summed E-state index contributed by atoms with van der Waals surface area (Å²) in [5, 5.41) is 12.2. The number of nitrogen functional groups attached to an aromatic ring is 1. The van der Waals surface area contributed by atoms with E-state index in [0.717, 1.165) is 57.6 Å². The smallest absolute Gasteiger partial charge is 0.334 e. The number of anilines is 2. The minimum Gasteiger partial charge on any atom is -0.481 e. The predicted molar refractivity (Wildman–Crippen MR) is 231 cm³/mol. The SMILES string of the molecule is C.C.CCOC(=O)C1=Cc2cc(N)ccc2C1.CCOC(=O)C1=Cc2cc(NC(=O)C3(c4ccc5c(c4)OCO5)CC3)ccc2C1.O=C(O)C1(c2ccc3c(c2)OCO3)CC1. The normalized spacial score (nSPS) is 16.4. The van der Waals surface area contributed by atoms with Crippen molar-refractivity contribution in [1.82, 2.24) is 0 Å². The molecule has 6 aliphatic rings. The van der Waals surface area contributed by atoms with Crippen molar-refractivity contribution in [1.29, 1.82) is 0 Å². The standard InChI is InChI=1S/C23H21NO5.C12H13NO2.C11H10O4.2CH4/c1-2-27-21(25)16-9-14-3-5-18(11-15(14)10-16)24-22(26)23(7-8-23)17-4-6-19-20(12-17)29-13-28-19;1-2-15-12(14)10-5-8-3-4-11(13)7-9(8)6-10;12-10(13)11(3-4-11)7-1-2-8-9(5-7)15-6-14-8;;/h3-6,10-12H,2,7-9,13H2,1H3,(H,24,26);3-4,6-7H,2,5,13H2,1H3;1-2,5H,3-4,6H2,(H,12,13);2*1H4. The summed E-state index contributed by atoms with van der Waals surface area (Å²) in [5.41, 5.74) is 13.2. The second-order valence-corrected chi connectivity index (χ2v) is 15.1. The van der Waals surface area contributed by atoms with E-state index in [0.29, 0.717) is 73.0 Å². The van der Waals surface area contributed by atoms with Gasteiger partial charge in [0.2, 0.25) is 19.5 Å². The highest BCUT2D eigenvalue weighted by Gasteiger charge is 2.53. The van der Waals surface area contributed by atoms with Gasteiger partial charge < -0.3 is 44.6 Å². The molecule has 13 heteroatoms. The highest BCUT2D eigenvalue weighted by Crippen LogP contribution is 2.52. The minimum atomic E-state index is -0.749. The van der Waals surface area contributed by atoms with Gasteiger partial charge in [-0.05, 0) is 134 Å². The van der Waals surface area contributed by atoms with Crippen LogP contribution in [0.1, 0.15) is 87.8 Å². The van der Waals surface area contributed by atoms with Gasteiger partial charge in [-0.1, -0.05) is 39.1 Å². The number of hydrogen-bond acceptors (Lipinski definition) is 11. The van der Waals surface area contributed by atoms with E-state index in [1.165, 1.54) is 0 Å². The van der Waals surface area contributed by atoms with E-state index in [9.17, 15) is 19.2 Å². The molecule has 61 heavy (non-hydrogen) atoms. The largest absolute Gasteiger partial charge is 0.481 e. The molecule has 13 nitrogen and oxygen atoms in total. The molecule has 2 heterocycles. The average Bonchev–Trinajstić information content (AvgIpc) is 3.94. The van der Waals surface area contributed by atoms with E-state index in [4.69, 9.17) is 39.3 Å². The molecule has 2 aliphatic heterocycles. The Morgan fingerprint density at radius 2 is 1.11 bits per heavy atom. The van der Waals surface area contributed by atoms with E-state index < -0.39 is 16.8 Å². The van der Waals surface area contributed by atoms with E-state index in [2.05, 4.69) is 5.32 Å². The van der Waals surface area contributed by atoms with Gasteiger partial charge in [0, 0.05) is 35.4 Å². The summed E-state index contributed by atoms with van der Waals surface area (Å²) in [6, 6.07) is 22.5. The van der Waals surface area contributed by atoms with Crippen molar-refractivity contribution < 1.29 is 52.7 Å². The lowest BCUT2D eigenvalue weighted by atomic mass is 9.94. The number of fused-ring (bicyclic) bond motifs is 4. The fraction of sp³-hybridized carbons (Fsp3) is 0.333. The number of amides is 1. The van der Waals surface area contributed by atoms with E-state index >= 15 is 0 Å². The molecule has 1 amide bonds. The van der Waals surface area contributed by atoms with Gasteiger partial charge in [-0.25, -0.2) is 9.59 Å². The molecule has 0 saturated heterocycles. The summed E-state index contributed by atoms with van der Waals surface area (Å²) in [6.45, 7) is 4.80. The fourth-order valence-corrected chi connectivity index (χ4v) is 7.64. The molecule has 0 radical (unpaired) electrons. The minimum absolute atomic E-state index is 0. The van der Waals surface area contributed by atoms with Crippen molar-refractivity contribution in [3.63, 3.8) is 0 Å².